The molecule has 0 bridgehead atoms. The summed E-state index contributed by atoms with van der Waals surface area (Å²) in [6.45, 7) is 6.55. The molecule has 2 N–H and O–H groups in total. The van der Waals surface area contributed by atoms with Crippen LogP contribution in [0.1, 0.15) is 52.9 Å². The van der Waals surface area contributed by atoms with Gasteiger partial charge in [0.2, 0.25) is 0 Å². The molecule has 4 aromatic rings. The van der Waals surface area contributed by atoms with Crippen molar-refractivity contribution in [2.24, 2.45) is 13.0 Å². The van der Waals surface area contributed by atoms with Crippen LogP contribution in [0.5, 0.6) is 0 Å². The number of amides is 1. The third-order valence-corrected chi connectivity index (χ3v) is 9.00. The highest BCUT2D eigenvalue weighted by Gasteiger charge is 2.41. The number of nitrogens with one attached hydrogen (secondary N) is 2. The molecule has 2 aromatic heterocycles. The molecule has 1 atom stereocenters. The van der Waals surface area contributed by atoms with Gasteiger partial charge in [-0.15, -0.1) is 10.2 Å². The average molecular weight is 669 g/mol. The van der Waals surface area contributed by atoms with Crippen LogP contribution in [-0.4, -0.2) is 62.8 Å². The zero-order valence-corrected chi connectivity index (χ0v) is 27.3. The highest BCUT2D eigenvalue weighted by molar-refractivity contribution is 6.10. The third-order valence-electron chi connectivity index (χ3n) is 9.00. The second-order valence-electron chi connectivity index (χ2n) is 12.6. The lowest BCUT2D eigenvalue weighted by molar-refractivity contribution is -0.138. The maximum atomic E-state index is 14.6. The summed E-state index contributed by atoms with van der Waals surface area (Å²) in [5.74, 6) is 0.663. The number of rotatable bonds is 9. The fraction of sp³-hybridized carbons (Fsp3) is 0.371. The molecule has 11 nitrogen and oxygen atoms in total. The SMILES string of the molecule is CC(C)[C@H]1CNCCN1Cc1cc2c(c(C(F)(F)F)c1)CN(c1cc(-c3cc(C#N)ccc3-c3nncn3C)cc(NCCC#N)n1)C2=O. The summed E-state index contributed by atoms with van der Waals surface area (Å²) in [6, 6.07) is 15.5. The Morgan fingerprint density at radius 2 is 1.92 bits per heavy atom. The van der Waals surface area contributed by atoms with Crippen molar-refractivity contribution in [3.63, 3.8) is 0 Å². The lowest BCUT2D eigenvalue weighted by Gasteiger charge is -2.38. The molecule has 0 radical (unpaired) electrons. The van der Waals surface area contributed by atoms with Gasteiger partial charge in [0.25, 0.3) is 5.91 Å². The number of anilines is 2. The highest BCUT2D eigenvalue weighted by atomic mass is 19.4. The van der Waals surface area contributed by atoms with Crippen molar-refractivity contribution >= 4 is 17.5 Å². The summed E-state index contributed by atoms with van der Waals surface area (Å²) in [4.78, 5) is 22.1. The van der Waals surface area contributed by atoms with E-state index in [1.165, 1.54) is 11.0 Å². The molecule has 4 heterocycles. The minimum atomic E-state index is -4.68. The number of carbonyl (C=O) groups is 1. The first-order valence-corrected chi connectivity index (χ1v) is 16.0. The van der Waals surface area contributed by atoms with E-state index in [0.717, 1.165) is 13.1 Å². The van der Waals surface area contributed by atoms with E-state index >= 15 is 0 Å². The Labute approximate surface area is 282 Å². The van der Waals surface area contributed by atoms with Gasteiger partial charge < -0.3 is 15.2 Å². The van der Waals surface area contributed by atoms with Gasteiger partial charge in [-0.3, -0.25) is 14.6 Å². The summed E-state index contributed by atoms with van der Waals surface area (Å²) in [5.41, 5.74) is 1.64. The molecule has 1 saturated heterocycles. The van der Waals surface area contributed by atoms with Gasteiger partial charge in [-0.1, -0.05) is 13.8 Å². The van der Waals surface area contributed by atoms with Crippen LogP contribution >= 0.6 is 0 Å². The molecule has 1 fully saturated rings. The Kier molecular flexibility index (Phi) is 9.37. The lowest BCUT2D eigenvalue weighted by Crippen LogP contribution is -2.53. The van der Waals surface area contributed by atoms with Gasteiger partial charge in [0, 0.05) is 56.9 Å². The number of nitriles is 2. The van der Waals surface area contributed by atoms with Crippen LogP contribution in [0.4, 0.5) is 24.8 Å². The first kappa shape index (κ1) is 33.6. The van der Waals surface area contributed by atoms with Gasteiger partial charge in [0.15, 0.2) is 5.82 Å². The van der Waals surface area contributed by atoms with Crippen LogP contribution in [-0.2, 0) is 26.3 Å². The number of hydrogen-bond donors (Lipinski definition) is 2. The van der Waals surface area contributed by atoms with Crippen LogP contribution in [0, 0.1) is 28.6 Å². The Morgan fingerprint density at radius 1 is 1.10 bits per heavy atom. The van der Waals surface area contributed by atoms with Crippen LogP contribution in [0.25, 0.3) is 22.5 Å². The number of aromatic nitrogens is 4. The number of nitrogens with zero attached hydrogens (tertiary/aromatic N) is 8. The predicted molar refractivity (Wildman–Crippen MR) is 177 cm³/mol. The van der Waals surface area contributed by atoms with E-state index in [9.17, 15) is 23.2 Å². The van der Waals surface area contributed by atoms with Crippen LogP contribution in [0.15, 0.2) is 48.8 Å². The standard InChI is InChI=1S/C35H35F3N10O/c1-21(2)30-17-41-9-10-47(30)18-23-12-27-28(29(13-23)35(36,37)38)19-48(34(27)49)32-15-24(14-31(44-32)42-8-4-7-39)26-11-22(16-40)5-6-25(26)33-45-43-20-46(33)3/h5-6,11-15,20-21,30,41H,4,8-10,17-19H2,1-3H3,(H,42,44)/t30-/m1/s1. The maximum absolute atomic E-state index is 14.6. The summed E-state index contributed by atoms with van der Waals surface area (Å²) >= 11 is 0. The van der Waals surface area contributed by atoms with E-state index in [2.05, 4.69) is 56.7 Å². The number of benzene rings is 2. The van der Waals surface area contributed by atoms with E-state index in [-0.39, 0.29) is 49.0 Å². The summed E-state index contributed by atoms with van der Waals surface area (Å²) in [5, 5.41) is 33.5. The molecule has 0 unspecified atom stereocenters. The lowest BCUT2D eigenvalue weighted by atomic mass is 9.96. The molecule has 2 aliphatic rings. The topological polar surface area (TPSA) is 139 Å². The molecular weight excluding hydrogens is 633 g/mol. The summed E-state index contributed by atoms with van der Waals surface area (Å²) in [7, 11) is 1.78. The second kappa shape index (κ2) is 13.7. The molecule has 1 amide bonds. The summed E-state index contributed by atoms with van der Waals surface area (Å²) < 4.78 is 45.6. The Bertz CT molecular complexity index is 1970. The normalized spacial score (nSPS) is 16.5. The van der Waals surface area contributed by atoms with Gasteiger partial charge in [0.1, 0.15) is 18.0 Å². The van der Waals surface area contributed by atoms with Crippen LogP contribution in [0.2, 0.25) is 0 Å². The smallest absolute Gasteiger partial charge is 0.369 e. The molecule has 6 rings (SSSR count). The predicted octanol–water partition coefficient (Wildman–Crippen LogP) is 5.35. The highest BCUT2D eigenvalue weighted by Crippen LogP contribution is 2.41. The number of carbonyl (C=O) groups excluding carboxylic acids is 1. The van der Waals surface area contributed by atoms with Gasteiger partial charge in [-0.25, -0.2) is 4.98 Å². The number of fused-ring (bicyclic) bond motifs is 1. The first-order valence-electron chi connectivity index (χ1n) is 16.0. The molecule has 2 aromatic carbocycles. The van der Waals surface area contributed by atoms with Gasteiger partial charge >= 0.3 is 6.18 Å². The first-order chi connectivity index (χ1) is 23.5. The Hall–Kier alpha value is -5.31. The van der Waals surface area contributed by atoms with Crippen molar-refractivity contribution in [2.45, 2.75) is 45.6 Å². The molecule has 0 saturated carbocycles. The number of aryl methyl sites for hydroxylation is 1. The van der Waals surface area contributed by atoms with E-state index in [0.29, 0.717) is 51.9 Å². The van der Waals surface area contributed by atoms with Crippen molar-refractivity contribution in [1.29, 1.82) is 10.5 Å². The maximum Gasteiger partial charge on any atom is 0.416 e. The molecule has 2 aliphatic heterocycles. The van der Waals surface area contributed by atoms with Crippen molar-refractivity contribution in [3.05, 3.63) is 76.6 Å². The van der Waals surface area contributed by atoms with Crippen molar-refractivity contribution in [2.75, 3.05) is 36.4 Å². The molecule has 0 spiro atoms. The van der Waals surface area contributed by atoms with E-state index in [1.807, 2.05) is 0 Å². The number of alkyl halides is 3. The zero-order chi connectivity index (χ0) is 34.9. The van der Waals surface area contributed by atoms with E-state index in [1.54, 1.807) is 54.3 Å². The zero-order valence-electron chi connectivity index (χ0n) is 27.3. The molecule has 49 heavy (non-hydrogen) atoms. The second-order valence-corrected chi connectivity index (χ2v) is 12.6. The average Bonchev–Trinajstić information content (AvgIpc) is 3.66. The summed E-state index contributed by atoms with van der Waals surface area (Å²) in [6.07, 6.45) is -2.97. The number of pyridine rings is 1. The Morgan fingerprint density at radius 3 is 2.61 bits per heavy atom. The third kappa shape index (κ3) is 6.84. The molecular formula is C35H35F3N10O. The van der Waals surface area contributed by atoms with Crippen molar-refractivity contribution in [1.82, 2.24) is 30.0 Å². The van der Waals surface area contributed by atoms with Gasteiger partial charge in [-0.05, 0) is 70.6 Å². The van der Waals surface area contributed by atoms with Crippen LogP contribution < -0.4 is 15.5 Å². The van der Waals surface area contributed by atoms with Crippen LogP contribution in [0.3, 0.4) is 0 Å². The fourth-order valence-corrected chi connectivity index (χ4v) is 6.57. The number of hydrogen-bond acceptors (Lipinski definition) is 9. The molecule has 14 heteroatoms. The minimum Gasteiger partial charge on any atom is -0.369 e. The van der Waals surface area contributed by atoms with E-state index in [4.69, 9.17) is 5.26 Å². The van der Waals surface area contributed by atoms with Gasteiger partial charge in [-0.2, -0.15) is 23.7 Å². The Balaban J connectivity index is 1.44. The molecule has 0 aliphatic carbocycles. The number of halogens is 3. The van der Waals surface area contributed by atoms with Crippen molar-refractivity contribution in [3.8, 4) is 34.7 Å². The monoisotopic (exact) mass is 668 g/mol. The van der Waals surface area contributed by atoms with Gasteiger partial charge in [0.05, 0.1) is 36.2 Å². The fourth-order valence-electron chi connectivity index (χ4n) is 6.57. The quantitative estimate of drug-likeness (QED) is 0.226. The minimum absolute atomic E-state index is 0.00139. The van der Waals surface area contributed by atoms with E-state index < -0.39 is 17.6 Å². The molecule has 252 valence electrons. The number of piperazine rings is 1. The largest absolute Gasteiger partial charge is 0.416 e. The van der Waals surface area contributed by atoms with Crippen molar-refractivity contribution < 1.29 is 18.0 Å².